The number of hydrogen-bond acceptors (Lipinski definition) is 6. The Bertz CT molecular complexity index is 1950. The summed E-state index contributed by atoms with van der Waals surface area (Å²) in [7, 11) is 3.61. The number of nitrogens with one attached hydrogen (secondary N) is 1. The van der Waals surface area contributed by atoms with Crippen LogP contribution < -0.4 is 10.1 Å². The molecule has 3 heterocycles. The van der Waals surface area contributed by atoms with Gasteiger partial charge in [-0.15, -0.1) is 0 Å². The first kappa shape index (κ1) is 38.3. The number of carbonyl (C=O) groups is 1. The molecule has 2 N–H and O–H groups in total. The summed E-state index contributed by atoms with van der Waals surface area (Å²) in [6.07, 6.45) is 3.62. The van der Waals surface area contributed by atoms with E-state index >= 15 is 0 Å². The van der Waals surface area contributed by atoms with Crippen molar-refractivity contribution in [2.24, 2.45) is 7.05 Å². The first-order valence-electron chi connectivity index (χ1n) is 18.0. The lowest BCUT2D eigenvalue weighted by molar-refractivity contribution is 0.0235. The molecular formula is C40H50ClFN4O5. The average Bonchev–Trinajstić information content (AvgIpc) is 3.60. The lowest BCUT2D eigenvalue weighted by Crippen LogP contribution is -2.12. The van der Waals surface area contributed by atoms with Crippen molar-refractivity contribution in [1.82, 2.24) is 19.7 Å². The van der Waals surface area contributed by atoms with Gasteiger partial charge in [0.15, 0.2) is 0 Å². The van der Waals surface area contributed by atoms with Gasteiger partial charge in [-0.2, -0.15) is 5.10 Å². The van der Waals surface area contributed by atoms with Gasteiger partial charge in [-0.3, -0.25) is 4.68 Å². The summed E-state index contributed by atoms with van der Waals surface area (Å²) in [5.41, 5.74) is 5.34. The van der Waals surface area contributed by atoms with E-state index in [-0.39, 0.29) is 17.6 Å². The minimum Gasteiger partial charge on any atom is -0.493 e. The number of hydrogen-bond donors (Lipinski definition) is 2. The van der Waals surface area contributed by atoms with Gasteiger partial charge in [0.1, 0.15) is 23.4 Å². The molecule has 274 valence electrons. The number of rotatable bonds is 12. The lowest BCUT2D eigenvalue weighted by atomic mass is 9.95. The van der Waals surface area contributed by atoms with E-state index in [1.54, 1.807) is 13.2 Å². The summed E-state index contributed by atoms with van der Waals surface area (Å²) in [5.74, 6) is -0.602. The number of aromatic nitrogens is 3. The van der Waals surface area contributed by atoms with Crippen molar-refractivity contribution >= 4 is 39.2 Å². The SMILES string of the molecule is CCNCC.CCc1c2c(nn1C)C(CCOC)OCCCCn1c(C(=O)O)c(CCCOc3cccc4cc(F)ccc34)c3ccc(Cl)c-2c31. The Morgan fingerprint density at radius 2 is 1.86 bits per heavy atom. The molecular weight excluding hydrogens is 671 g/mol. The molecule has 6 rings (SSSR count). The molecule has 11 heteroatoms. The zero-order valence-corrected chi connectivity index (χ0v) is 31.1. The van der Waals surface area contributed by atoms with Crippen molar-refractivity contribution in [3.8, 4) is 16.9 Å². The van der Waals surface area contributed by atoms with Crippen LogP contribution in [0.4, 0.5) is 4.39 Å². The normalized spacial score (nSPS) is 14.5. The molecule has 0 saturated carbocycles. The largest absolute Gasteiger partial charge is 0.493 e. The Labute approximate surface area is 304 Å². The molecule has 2 aromatic heterocycles. The van der Waals surface area contributed by atoms with Gasteiger partial charge in [-0.25, -0.2) is 9.18 Å². The van der Waals surface area contributed by atoms with Gasteiger partial charge in [0.2, 0.25) is 0 Å². The van der Waals surface area contributed by atoms with E-state index in [9.17, 15) is 14.3 Å². The first-order valence-corrected chi connectivity index (χ1v) is 18.4. The summed E-state index contributed by atoms with van der Waals surface area (Å²) in [5, 5.41) is 21.7. The monoisotopic (exact) mass is 720 g/mol. The van der Waals surface area contributed by atoms with Crippen molar-refractivity contribution in [3.05, 3.63) is 82.0 Å². The Morgan fingerprint density at radius 1 is 1.08 bits per heavy atom. The van der Waals surface area contributed by atoms with Crippen LogP contribution in [0.5, 0.6) is 5.75 Å². The average molecular weight is 721 g/mol. The smallest absolute Gasteiger partial charge is 0.352 e. The van der Waals surface area contributed by atoms with Gasteiger partial charge in [-0.1, -0.05) is 50.6 Å². The van der Waals surface area contributed by atoms with E-state index < -0.39 is 5.97 Å². The highest BCUT2D eigenvalue weighted by atomic mass is 35.5. The van der Waals surface area contributed by atoms with E-state index in [2.05, 4.69) is 26.1 Å². The van der Waals surface area contributed by atoms with Gasteiger partial charge < -0.3 is 29.2 Å². The number of methoxy groups -OCH3 is 1. The fourth-order valence-electron chi connectivity index (χ4n) is 7.09. The van der Waals surface area contributed by atoms with Gasteiger partial charge in [0.25, 0.3) is 0 Å². The molecule has 0 bridgehead atoms. The minimum absolute atomic E-state index is 0.277. The standard InChI is InChI=1S/C36H39ClFN3O5.C4H11N/c1-4-28-32-31-27(37)15-14-26-25(10-8-19-45-29-11-7-9-22-21-23(38)12-13-24(22)29)35(36(42)43)41(34(26)31)17-5-6-18-46-30(16-20-44-3)33(32)39-40(28)2;1-3-5-4-2/h7,9,11-15,21,30H,4-6,8,10,16-20H2,1-3H3,(H,42,43);5H,3-4H2,1-2H3. The van der Waals surface area contributed by atoms with Crippen molar-refractivity contribution < 1.29 is 28.5 Å². The molecule has 5 aromatic rings. The molecule has 51 heavy (non-hydrogen) atoms. The fourth-order valence-corrected chi connectivity index (χ4v) is 7.34. The number of halogens is 2. The minimum atomic E-state index is -0.975. The summed E-state index contributed by atoms with van der Waals surface area (Å²) in [4.78, 5) is 13.0. The number of aromatic carboxylic acids is 1. The van der Waals surface area contributed by atoms with Gasteiger partial charge >= 0.3 is 5.97 Å². The Morgan fingerprint density at radius 3 is 2.57 bits per heavy atom. The lowest BCUT2D eigenvalue weighted by Gasteiger charge is -2.18. The summed E-state index contributed by atoms with van der Waals surface area (Å²) in [6, 6.07) is 14.0. The third kappa shape index (κ3) is 8.41. The summed E-state index contributed by atoms with van der Waals surface area (Å²) < 4.78 is 35.6. The Kier molecular flexibility index (Phi) is 13.5. The number of ether oxygens (including phenoxy) is 3. The third-order valence-electron chi connectivity index (χ3n) is 9.37. The van der Waals surface area contributed by atoms with Crippen LogP contribution >= 0.6 is 11.6 Å². The predicted octanol–water partition coefficient (Wildman–Crippen LogP) is 8.76. The highest BCUT2D eigenvalue weighted by Gasteiger charge is 2.31. The summed E-state index contributed by atoms with van der Waals surface area (Å²) in [6.45, 7) is 10.4. The van der Waals surface area contributed by atoms with Crippen LogP contribution in [-0.2, 0) is 35.9 Å². The highest BCUT2D eigenvalue weighted by molar-refractivity contribution is 6.35. The first-order chi connectivity index (χ1) is 24.7. The van der Waals surface area contributed by atoms with E-state index in [0.717, 1.165) is 75.7 Å². The Balaban J connectivity index is 0.000000943. The molecule has 1 unspecified atom stereocenters. The predicted molar refractivity (Wildman–Crippen MR) is 202 cm³/mol. The van der Waals surface area contributed by atoms with Gasteiger partial charge in [0.05, 0.1) is 22.8 Å². The zero-order valence-electron chi connectivity index (χ0n) is 30.4. The topological polar surface area (TPSA) is 99.8 Å². The van der Waals surface area contributed by atoms with Crippen molar-refractivity contribution in [2.45, 2.75) is 71.9 Å². The van der Waals surface area contributed by atoms with Crippen LogP contribution in [-0.4, -0.2) is 65.4 Å². The van der Waals surface area contributed by atoms with Gasteiger partial charge in [0, 0.05) is 67.9 Å². The van der Waals surface area contributed by atoms with E-state index in [0.29, 0.717) is 62.8 Å². The maximum Gasteiger partial charge on any atom is 0.352 e. The van der Waals surface area contributed by atoms with Crippen molar-refractivity contribution in [2.75, 3.05) is 40.0 Å². The molecule has 0 spiro atoms. The zero-order chi connectivity index (χ0) is 36.5. The molecule has 0 radical (unpaired) electrons. The van der Waals surface area contributed by atoms with E-state index in [1.807, 2.05) is 46.6 Å². The van der Waals surface area contributed by atoms with Crippen LogP contribution in [0.3, 0.4) is 0 Å². The molecule has 9 nitrogen and oxygen atoms in total. The summed E-state index contributed by atoms with van der Waals surface area (Å²) >= 11 is 7.07. The second-order valence-corrected chi connectivity index (χ2v) is 13.1. The maximum atomic E-state index is 13.8. The van der Waals surface area contributed by atoms with Gasteiger partial charge in [-0.05, 0) is 86.5 Å². The number of aryl methyl sites for hydroxylation is 3. The van der Waals surface area contributed by atoms with Crippen LogP contribution in [0.25, 0.3) is 32.8 Å². The number of carboxylic acids is 1. The van der Waals surface area contributed by atoms with Crippen LogP contribution in [0.1, 0.15) is 80.0 Å². The van der Waals surface area contributed by atoms with Crippen LogP contribution in [0, 0.1) is 5.82 Å². The third-order valence-corrected chi connectivity index (χ3v) is 9.69. The van der Waals surface area contributed by atoms with E-state index in [1.165, 1.54) is 12.1 Å². The molecule has 0 fully saturated rings. The molecule has 0 aliphatic carbocycles. The van der Waals surface area contributed by atoms with Crippen molar-refractivity contribution in [3.63, 3.8) is 0 Å². The van der Waals surface area contributed by atoms with Crippen LogP contribution in [0.15, 0.2) is 48.5 Å². The molecule has 3 aromatic carbocycles. The maximum absolute atomic E-state index is 13.8. The van der Waals surface area contributed by atoms with Crippen LogP contribution in [0.2, 0.25) is 5.02 Å². The number of fused-ring (bicyclic) bond motifs is 3. The quantitative estimate of drug-likeness (QED) is 0.124. The number of carboxylic acid groups (broad SMARTS) is 1. The van der Waals surface area contributed by atoms with Crippen molar-refractivity contribution in [1.29, 1.82) is 0 Å². The number of benzene rings is 3. The molecule has 0 saturated heterocycles. The Hall–Kier alpha value is -3.96. The fraction of sp³-hybridized carbons (Fsp3) is 0.450. The van der Waals surface area contributed by atoms with E-state index in [4.69, 9.17) is 30.9 Å². The highest BCUT2D eigenvalue weighted by Crippen LogP contribution is 2.45. The second-order valence-electron chi connectivity index (χ2n) is 12.7. The molecule has 1 aliphatic heterocycles. The molecule has 1 atom stereocenters. The number of nitrogens with zero attached hydrogens (tertiary/aromatic N) is 3. The molecule has 0 amide bonds. The second kappa shape index (κ2) is 18.0. The molecule has 1 aliphatic rings.